The smallest absolute Gasteiger partial charge is 0.191 e. The van der Waals surface area contributed by atoms with Gasteiger partial charge < -0.3 is 10.6 Å². The average Bonchev–Trinajstić information content (AvgIpc) is 2.52. The van der Waals surface area contributed by atoms with E-state index < -0.39 is 14.6 Å². The maximum Gasteiger partial charge on any atom is 0.191 e. The van der Waals surface area contributed by atoms with E-state index in [1.165, 1.54) is 4.90 Å². The number of hydrogen-bond donors (Lipinski definition) is 2. The first-order chi connectivity index (χ1) is 11.7. The normalized spacial score (nSPS) is 14.2. The number of benzene rings is 1. The quantitative estimate of drug-likeness (QED) is 0.409. The standard InChI is InChI=1S/C18H31N3O2S2/c1-6-19-17(20-12-13-25(22,23)18(3,4)5)21-14-15(2)24-16-10-8-7-9-11-16/h7-11,15H,6,12-14H2,1-5H3,(H2,19,20,21). The molecule has 25 heavy (non-hydrogen) atoms. The summed E-state index contributed by atoms with van der Waals surface area (Å²) in [7, 11) is -3.13. The van der Waals surface area contributed by atoms with Crippen LogP contribution in [0, 0.1) is 0 Å². The highest BCUT2D eigenvalue weighted by Crippen LogP contribution is 2.22. The SMILES string of the molecule is CCNC(=NCC(C)Sc1ccccc1)NCCS(=O)(=O)C(C)(C)C. The lowest BCUT2D eigenvalue weighted by Gasteiger charge is -2.20. The van der Waals surface area contributed by atoms with Gasteiger partial charge in [0.2, 0.25) is 0 Å². The number of nitrogens with zero attached hydrogens (tertiary/aromatic N) is 1. The first-order valence-electron chi connectivity index (χ1n) is 8.62. The van der Waals surface area contributed by atoms with Gasteiger partial charge in [0.25, 0.3) is 0 Å². The Balaban J connectivity index is 2.53. The fraction of sp³-hybridized carbons (Fsp3) is 0.611. The molecular weight excluding hydrogens is 354 g/mol. The molecule has 0 heterocycles. The summed E-state index contributed by atoms with van der Waals surface area (Å²) in [5, 5.41) is 6.61. The van der Waals surface area contributed by atoms with Crippen molar-refractivity contribution in [2.45, 2.75) is 49.5 Å². The fourth-order valence-electron chi connectivity index (χ4n) is 1.94. The van der Waals surface area contributed by atoms with Gasteiger partial charge in [-0.2, -0.15) is 0 Å². The summed E-state index contributed by atoms with van der Waals surface area (Å²) in [6.07, 6.45) is 0. The van der Waals surface area contributed by atoms with Crippen LogP contribution < -0.4 is 10.6 Å². The number of hydrogen-bond acceptors (Lipinski definition) is 4. The summed E-state index contributed by atoms with van der Waals surface area (Å²) < 4.78 is 23.6. The van der Waals surface area contributed by atoms with E-state index in [0.717, 1.165) is 6.54 Å². The van der Waals surface area contributed by atoms with Gasteiger partial charge in [0.1, 0.15) is 0 Å². The Kier molecular flexibility index (Phi) is 8.79. The van der Waals surface area contributed by atoms with Gasteiger partial charge >= 0.3 is 0 Å². The van der Waals surface area contributed by atoms with E-state index in [1.54, 1.807) is 32.5 Å². The molecule has 0 radical (unpaired) electrons. The predicted molar refractivity (Wildman–Crippen MR) is 109 cm³/mol. The molecule has 1 aromatic carbocycles. The van der Waals surface area contributed by atoms with Crippen molar-refractivity contribution in [2.24, 2.45) is 4.99 Å². The molecule has 1 atom stereocenters. The van der Waals surface area contributed by atoms with E-state index in [9.17, 15) is 8.42 Å². The molecule has 7 heteroatoms. The monoisotopic (exact) mass is 385 g/mol. The maximum absolute atomic E-state index is 12.2. The summed E-state index contributed by atoms with van der Waals surface area (Å²) in [4.78, 5) is 5.79. The van der Waals surface area contributed by atoms with Crippen molar-refractivity contribution in [3.05, 3.63) is 30.3 Å². The van der Waals surface area contributed by atoms with Gasteiger partial charge in [0.15, 0.2) is 15.8 Å². The van der Waals surface area contributed by atoms with Gasteiger partial charge in [-0.25, -0.2) is 8.42 Å². The molecule has 0 bridgehead atoms. The number of aliphatic imine (C=N–C) groups is 1. The molecule has 0 fully saturated rings. The summed E-state index contributed by atoms with van der Waals surface area (Å²) >= 11 is 1.78. The number of thioether (sulfide) groups is 1. The highest BCUT2D eigenvalue weighted by Gasteiger charge is 2.28. The van der Waals surface area contributed by atoms with Crippen LogP contribution in [0.25, 0.3) is 0 Å². The second-order valence-electron chi connectivity index (χ2n) is 6.82. The van der Waals surface area contributed by atoms with Crippen molar-refractivity contribution >= 4 is 27.6 Å². The highest BCUT2D eigenvalue weighted by atomic mass is 32.2. The number of guanidine groups is 1. The molecule has 0 saturated carbocycles. The first kappa shape index (κ1) is 21.8. The molecule has 1 unspecified atom stereocenters. The molecule has 0 aliphatic rings. The van der Waals surface area contributed by atoms with Crippen LogP contribution in [-0.4, -0.2) is 49.8 Å². The topological polar surface area (TPSA) is 70.6 Å². The zero-order chi connectivity index (χ0) is 18.9. The number of rotatable bonds is 8. The molecule has 0 spiro atoms. The van der Waals surface area contributed by atoms with Crippen LogP contribution >= 0.6 is 11.8 Å². The van der Waals surface area contributed by atoms with E-state index in [1.807, 2.05) is 25.1 Å². The van der Waals surface area contributed by atoms with Gasteiger partial charge in [-0.05, 0) is 39.8 Å². The Morgan fingerprint density at radius 2 is 1.84 bits per heavy atom. The Labute approximate surface area is 157 Å². The lowest BCUT2D eigenvalue weighted by Crippen LogP contribution is -2.42. The highest BCUT2D eigenvalue weighted by molar-refractivity contribution is 8.00. The van der Waals surface area contributed by atoms with Crippen molar-refractivity contribution < 1.29 is 8.42 Å². The second kappa shape index (κ2) is 10.1. The lowest BCUT2D eigenvalue weighted by molar-refractivity contribution is 0.559. The average molecular weight is 386 g/mol. The van der Waals surface area contributed by atoms with Crippen LogP contribution in [0.15, 0.2) is 40.2 Å². The summed E-state index contributed by atoms with van der Waals surface area (Å²) in [6.45, 7) is 11.0. The molecule has 1 aromatic rings. The Morgan fingerprint density at radius 1 is 1.20 bits per heavy atom. The van der Waals surface area contributed by atoms with Crippen LogP contribution in [0.4, 0.5) is 0 Å². The van der Waals surface area contributed by atoms with E-state index in [4.69, 9.17) is 0 Å². The Morgan fingerprint density at radius 3 is 2.40 bits per heavy atom. The van der Waals surface area contributed by atoms with Gasteiger partial charge in [-0.1, -0.05) is 25.1 Å². The van der Waals surface area contributed by atoms with E-state index >= 15 is 0 Å². The van der Waals surface area contributed by atoms with Crippen molar-refractivity contribution in [1.82, 2.24) is 10.6 Å². The largest absolute Gasteiger partial charge is 0.357 e. The van der Waals surface area contributed by atoms with Crippen molar-refractivity contribution in [3.8, 4) is 0 Å². The molecule has 0 saturated heterocycles. The first-order valence-corrected chi connectivity index (χ1v) is 11.1. The molecule has 0 aliphatic carbocycles. The zero-order valence-electron chi connectivity index (χ0n) is 15.9. The molecule has 0 aliphatic heterocycles. The fourth-order valence-corrected chi connectivity index (χ4v) is 3.85. The Hall–Kier alpha value is -1.21. The predicted octanol–water partition coefficient (Wildman–Crippen LogP) is 2.94. The minimum Gasteiger partial charge on any atom is -0.357 e. The Bertz CT molecular complexity index is 638. The van der Waals surface area contributed by atoms with Gasteiger partial charge in [0.05, 0.1) is 17.0 Å². The van der Waals surface area contributed by atoms with Crippen molar-refractivity contribution in [2.75, 3.05) is 25.4 Å². The van der Waals surface area contributed by atoms with Crippen LogP contribution in [0.5, 0.6) is 0 Å². The van der Waals surface area contributed by atoms with E-state index in [2.05, 4.69) is 34.7 Å². The maximum atomic E-state index is 12.2. The van der Waals surface area contributed by atoms with Gasteiger partial charge in [-0.3, -0.25) is 4.99 Å². The second-order valence-corrected chi connectivity index (χ2v) is 11.2. The van der Waals surface area contributed by atoms with Crippen molar-refractivity contribution in [3.63, 3.8) is 0 Å². The van der Waals surface area contributed by atoms with Crippen molar-refractivity contribution in [1.29, 1.82) is 0 Å². The zero-order valence-corrected chi connectivity index (χ0v) is 17.5. The molecule has 142 valence electrons. The summed E-state index contributed by atoms with van der Waals surface area (Å²) in [6, 6.07) is 10.2. The lowest BCUT2D eigenvalue weighted by atomic mass is 10.3. The molecule has 0 amide bonds. The van der Waals surface area contributed by atoms with Crippen LogP contribution in [0.1, 0.15) is 34.6 Å². The van der Waals surface area contributed by atoms with Crippen LogP contribution in [-0.2, 0) is 9.84 Å². The summed E-state index contributed by atoms with van der Waals surface area (Å²) in [5.74, 6) is 0.752. The minimum absolute atomic E-state index is 0.0925. The minimum atomic E-state index is -3.13. The van der Waals surface area contributed by atoms with Crippen LogP contribution in [0.2, 0.25) is 0 Å². The van der Waals surface area contributed by atoms with Gasteiger partial charge in [0, 0.05) is 23.2 Å². The number of nitrogens with one attached hydrogen (secondary N) is 2. The molecular formula is C18H31N3O2S2. The van der Waals surface area contributed by atoms with E-state index in [-0.39, 0.29) is 5.75 Å². The third-order valence-electron chi connectivity index (χ3n) is 3.53. The molecule has 0 aromatic heterocycles. The third-order valence-corrected chi connectivity index (χ3v) is 7.23. The summed E-state index contributed by atoms with van der Waals surface area (Å²) in [5.41, 5.74) is 0. The third kappa shape index (κ3) is 8.14. The molecule has 1 rings (SSSR count). The molecule has 5 nitrogen and oxygen atoms in total. The van der Waals surface area contributed by atoms with E-state index in [0.29, 0.717) is 24.3 Å². The van der Waals surface area contributed by atoms with Crippen LogP contribution in [0.3, 0.4) is 0 Å². The number of sulfone groups is 1. The van der Waals surface area contributed by atoms with Gasteiger partial charge in [-0.15, -0.1) is 11.8 Å². The molecule has 2 N–H and O–H groups in total.